The second kappa shape index (κ2) is 8.92. The third kappa shape index (κ3) is 4.99. The van der Waals surface area contributed by atoms with E-state index in [1.54, 1.807) is 18.2 Å². The van der Waals surface area contributed by atoms with Gasteiger partial charge < -0.3 is 25.4 Å². The topological polar surface area (TPSA) is 93.9 Å². The Morgan fingerprint density at radius 3 is 2.64 bits per heavy atom. The number of ether oxygens (including phenoxy) is 2. The van der Waals surface area contributed by atoms with Crippen LogP contribution >= 0.6 is 12.4 Å². The van der Waals surface area contributed by atoms with E-state index in [0.29, 0.717) is 36.7 Å². The summed E-state index contributed by atoms with van der Waals surface area (Å²) in [6, 6.07) is 4.97. The van der Waals surface area contributed by atoms with Crippen molar-refractivity contribution < 1.29 is 19.1 Å². The summed E-state index contributed by atoms with van der Waals surface area (Å²) in [5, 5.41) is 2.48. The van der Waals surface area contributed by atoms with Crippen molar-refractivity contribution in [1.82, 2.24) is 10.2 Å². The average Bonchev–Trinajstić information content (AvgIpc) is 3.01. The van der Waals surface area contributed by atoms with E-state index >= 15 is 0 Å². The zero-order valence-corrected chi connectivity index (χ0v) is 15.6. The van der Waals surface area contributed by atoms with Gasteiger partial charge in [-0.3, -0.25) is 9.59 Å². The number of likely N-dealkylation sites (N-methyl/N-ethyl adjacent to an activating group) is 1. The first-order valence-electron chi connectivity index (χ1n) is 7.93. The van der Waals surface area contributed by atoms with Gasteiger partial charge in [-0.15, -0.1) is 12.4 Å². The Kier molecular flexibility index (Phi) is 7.51. The summed E-state index contributed by atoms with van der Waals surface area (Å²) in [5.41, 5.74) is 6.31. The lowest BCUT2D eigenvalue weighted by molar-refractivity contribution is -0.122. The predicted octanol–water partition coefficient (Wildman–Crippen LogP) is 1.05. The van der Waals surface area contributed by atoms with Crippen LogP contribution in [0.25, 0.3) is 0 Å². The van der Waals surface area contributed by atoms with E-state index in [9.17, 15) is 9.59 Å². The van der Waals surface area contributed by atoms with E-state index < -0.39 is 0 Å². The molecule has 0 spiro atoms. The first kappa shape index (κ1) is 21.1. The quantitative estimate of drug-likeness (QED) is 0.779. The number of likely N-dealkylation sites (tertiary alicyclic amines) is 1. The third-order valence-electron chi connectivity index (χ3n) is 4.39. The summed E-state index contributed by atoms with van der Waals surface area (Å²) in [6.45, 7) is 3.90. The zero-order valence-electron chi connectivity index (χ0n) is 14.8. The lowest BCUT2D eigenvalue weighted by Crippen LogP contribution is -2.34. The molecule has 140 valence electrons. The number of nitrogens with zero attached hydrogens (tertiary/aromatic N) is 1. The molecular weight excluding hydrogens is 346 g/mol. The fraction of sp³-hybridized carbons (Fsp3) is 0.529. The largest absolute Gasteiger partial charge is 0.493 e. The molecule has 1 aromatic carbocycles. The number of benzene rings is 1. The standard InChI is InChI=1S/C17H25N3O4.ClH/c1-17(10-18)6-7-20(11-17)16(22)12-4-5-13(14(8-12)23-3)24-9-15(21)19-2;/h4-5,8H,6-7,9-11,18H2,1-3H3,(H,19,21);1H. The van der Waals surface area contributed by atoms with Gasteiger partial charge in [0.15, 0.2) is 18.1 Å². The number of carbonyl (C=O) groups is 2. The summed E-state index contributed by atoms with van der Waals surface area (Å²) in [6.07, 6.45) is 0.902. The molecule has 1 aromatic rings. The molecule has 0 radical (unpaired) electrons. The Labute approximate surface area is 154 Å². The lowest BCUT2D eigenvalue weighted by atomic mass is 9.90. The molecular formula is C17H26ClN3O4. The normalized spacial score (nSPS) is 19.1. The summed E-state index contributed by atoms with van der Waals surface area (Å²) in [7, 11) is 3.04. The zero-order chi connectivity index (χ0) is 17.7. The number of nitrogens with one attached hydrogen (secondary N) is 1. The molecule has 7 nitrogen and oxygen atoms in total. The van der Waals surface area contributed by atoms with Crippen LogP contribution in [0.5, 0.6) is 11.5 Å². The van der Waals surface area contributed by atoms with E-state index in [2.05, 4.69) is 12.2 Å². The van der Waals surface area contributed by atoms with Crippen molar-refractivity contribution in [3.63, 3.8) is 0 Å². The molecule has 25 heavy (non-hydrogen) atoms. The van der Waals surface area contributed by atoms with Crippen LogP contribution in [0.4, 0.5) is 0 Å². The van der Waals surface area contributed by atoms with Gasteiger partial charge in [-0.2, -0.15) is 0 Å². The van der Waals surface area contributed by atoms with Gasteiger partial charge in [0.1, 0.15) is 0 Å². The molecule has 0 bridgehead atoms. The summed E-state index contributed by atoms with van der Waals surface area (Å²) < 4.78 is 10.7. The average molecular weight is 372 g/mol. The van der Waals surface area contributed by atoms with Crippen molar-refractivity contribution in [3.05, 3.63) is 23.8 Å². The smallest absolute Gasteiger partial charge is 0.257 e. The van der Waals surface area contributed by atoms with Crippen molar-refractivity contribution in [2.45, 2.75) is 13.3 Å². The van der Waals surface area contributed by atoms with Crippen LogP contribution in [0, 0.1) is 5.41 Å². The summed E-state index contributed by atoms with van der Waals surface area (Å²) in [4.78, 5) is 25.8. The molecule has 1 aliphatic heterocycles. The minimum atomic E-state index is -0.240. The van der Waals surface area contributed by atoms with Gasteiger partial charge in [-0.05, 0) is 36.6 Å². The third-order valence-corrected chi connectivity index (χ3v) is 4.39. The molecule has 3 N–H and O–H groups in total. The molecule has 2 amide bonds. The Morgan fingerprint density at radius 1 is 1.36 bits per heavy atom. The van der Waals surface area contributed by atoms with E-state index in [-0.39, 0.29) is 36.2 Å². The Balaban J connectivity index is 0.00000312. The molecule has 1 heterocycles. The van der Waals surface area contributed by atoms with E-state index in [0.717, 1.165) is 6.42 Å². The van der Waals surface area contributed by atoms with Gasteiger partial charge in [-0.25, -0.2) is 0 Å². The molecule has 1 aliphatic rings. The Hall–Kier alpha value is -1.99. The van der Waals surface area contributed by atoms with Crippen LogP contribution in [0.15, 0.2) is 18.2 Å². The number of nitrogens with two attached hydrogens (primary N) is 1. The molecule has 0 aromatic heterocycles. The highest BCUT2D eigenvalue weighted by atomic mass is 35.5. The molecule has 0 saturated carbocycles. The molecule has 1 saturated heterocycles. The first-order valence-corrected chi connectivity index (χ1v) is 7.93. The van der Waals surface area contributed by atoms with Crippen LogP contribution in [-0.2, 0) is 4.79 Å². The van der Waals surface area contributed by atoms with Crippen LogP contribution < -0.4 is 20.5 Å². The lowest BCUT2D eigenvalue weighted by Gasteiger charge is -2.22. The Morgan fingerprint density at radius 2 is 2.08 bits per heavy atom. The van der Waals surface area contributed by atoms with E-state index in [1.165, 1.54) is 14.2 Å². The molecule has 2 rings (SSSR count). The van der Waals surface area contributed by atoms with Crippen LogP contribution in [0.2, 0.25) is 0 Å². The molecule has 1 atom stereocenters. The van der Waals surface area contributed by atoms with Gasteiger partial charge in [-0.1, -0.05) is 6.92 Å². The first-order chi connectivity index (χ1) is 11.4. The van der Waals surface area contributed by atoms with Gasteiger partial charge in [0, 0.05) is 25.7 Å². The van der Waals surface area contributed by atoms with Crippen molar-refractivity contribution in [1.29, 1.82) is 0 Å². The van der Waals surface area contributed by atoms with Gasteiger partial charge in [0.2, 0.25) is 0 Å². The number of carbonyl (C=O) groups excluding carboxylic acids is 2. The van der Waals surface area contributed by atoms with Crippen molar-refractivity contribution in [3.8, 4) is 11.5 Å². The van der Waals surface area contributed by atoms with Crippen molar-refractivity contribution in [2.75, 3.05) is 40.4 Å². The molecule has 8 heteroatoms. The van der Waals surface area contributed by atoms with Gasteiger partial charge >= 0.3 is 0 Å². The maximum Gasteiger partial charge on any atom is 0.257 e. The molecule has 1 unspecified atom stereocenters. The van der Waals surface area contributed by atoms with Gasteiger partial charge in [0.05, 0.1) is 7.11 Å². The maximum absolute atomic E-state index is 12.7. The maximum atomic E-state index is 12.7. The highest BCUT2D eigenvalue weighted by Gasteiger charge is 2.35. The van der Waals surface area contributed by atoms with Crippen LogP contribution in [0.1, 0.15) is 23.7 Å². The number of halogens is 1. The minimum absolute atomic E-state index is 0. The summed E-state index contributed by atoms with van der Waals surface area (Å²) >= 11 is 0. The van der Waals surface area contributed by atoms with Crippen molar-refractivity contribution in [2.24, 2.45) is 11.1 Å². The highest BCUT2D eigenvalue weighted by Crippen LogP contribution is 2.32. The monoisotopic (exact) mass is 371 g/mol. The van der Waals surface area contributed by atoms with E-state index in [1.807, 2.05) is 4.90 Å². The second-order valence-electron chi connectivity index (χ2n) is 6.32. The number of hydrogen-bond acceptors (Lipinski definition) is 5. The van der Waals surface area contributed by atoms with E-state index in [4.69, 9.17) is 15.2 Å². The fourth-order valence-corrected chi connectivity index (χ4v) is 2.68. The summed E-state index contributed by atoms with van der Waals surface area (Å²) in [5.74, 6) is 0.551. The molecule has 0 aliphatic carbocycles. The predicted molar refractivity (Wildman–Crippen MR) is 97.5 cm³/mol. The van der Waals surface area contributed by atoms with Gasteiger partial charge in [0.25, 0.3) is 11.8 Å². The van der Waals surface area contributed by atoms with Crippen molar-refractivity contribution >= 4 is 24.2 Å². The van der Waals surface area contributed by atoms with Crippen LogP contribution in [0.3, 0.4) is 0 Å². The Bertz CT molecular complexity index is 626. The van der Waals surface area contributed by atoms with Crippen LogP contribution in [-0.4, -0.2) is 57.1 Å². The number of amides is 2. The highest BCUT2D eigenvalue weighted by molar-refractivity contribution is 5.95. The number of methoxy groups -OCH3 is 1. The second-order valence-corrected chi connectivity index (χ2v) is 6.32. The number of hydrogen-bond donors (Lipinski definition) is 2. The number of rotatable bonds is 6. The SMILES string of the molecule is CNC(=O)COc1ccc(C(=O)N2CCC(C)(CN)C2)cc1OC.Cl. The fourth-order valence-electron chi connectivity index (χ4n) is 2.68. The molecule has 1 fully saturated rings. The minimum Gasteiger partial charge on any atom is -0.493 e.